The van der Waals surface area contributed by atoms with E-state index < -0.39 is 0 Å². The lowest BCUT2D eigenvalue weighted by Crippen LogP contribution is -2.53. The smallest absolute Gasteiger partial charge is 0.0344 e. The molecule has 0 radical (unpaired) electrons. The van der Waals surface area contributed by atoms with E-state index in [0.717, 1.165) is 12.5 Å². The van der Waals surface area contributed by atoms with Gasteiger partial charge >= 0.3 is 0 Å². The molecule has 2 aliphatic heterocycles. The number of hydrogen-bond acceptors (Lipinski definition) is 3. The van der Waals surface area contributed by atoms with E-state index in [2.05, 4.69) is 30.6 Å². The van der Waals surface area contributed by atoms with Gasteiger partial charge in [-0.25, -0.2) is 0 Å². The summed E-state index contributed by atoms with van der Waals surface area (Å²) in [7, 11) is 0. The second-order valence-electron chi connectivity index (χ2n) is 7.30. The van der Waals surface area contributed by atoms with Crippen molar-refractivity contribution < 1.29 is 0 Å². The summed E-state index contributed by atoms with van der Waals surface area (Å²) < 4.78 is 0. The Bertz CT molecular complexity index is 292. The number of nitrogens with two attached hydrogens (primary N) is 1. The van der Waals surface area contributed by atoms with Crippen LogP contribution in [0.15, 0.2) is 0 Å². The summed E-state index contributed by atoms with van der Waals surface area (Å²) in [6, 6.07) is 0.676. The zero-order valence-electron chi connectivity index (χ0n) is 13.9. The van der Waals surface area contributed by atoms with Crippen molar-refractivity contribution in [3.8, 4) is 0 Å². The van der Waals surface area contributed by atoms with Gasteiger partial charge in [-0.3, -0.25) is 4.90 Å². The summed E-state index contributed by atoms with van der Waals surface area (Å²) >= 11 is 0. The molecule has 0 spiro atoms. The Morgan fingerprint density at radius 1 is 1.20 bits per heavy atom. The first kappa shape index (κ1) is 16.3. The average molecular weight is 281 g/mol. The molecule has 0 aromatic carbocycles. The fraction of sp³-hybridized carbons (Fsp3) is 1.00. The van der Waals surface area contributed by atoms with Crippen LogP contribution in [0.4, 0.5) is 0 Å². The Kier molecular flexibility index (Phi) is 5.88. The molecule has 0 aliphatic carbocycles. The monoisotopic (exact) mass is 281 g/mol. The molecule has 118 valence electrons. The third-order valence-corrected chi connectivity index (χ3v) is 5.72. The average Bonchev–Trinajstić information content (AvgIpc) is 2.78. The fourth-order valence-electron chi connectivity index (χ4n) is 4.27. The summed E-state index contributed by atoms with van der Waals surface area (Å²) in [6.07, 6.45) is 7.99. The third-order valence-electron chi connectivity index (χ3n) is 5.72. The first-order valence-electron chi connectivity index (χ1n) is 8.80. The molecule has 2 atom stereocenters. The van der Waals surface area contributed by atoms with Gasteiger partial charge < -0.3 is 10.6 Å². The van der Waals surface area contributed by atoms with Gasteiger partial charge in [0.25, 0.3) is 0 Å². The summed E-state index contributed by atoms with van der Waals surface area (Å²) in [6.45, 7) is 12.9. The molecule has 2 aliphatic rings. The molecule has 2 N–H and O–H groups in total. The molecule has 0 aromatic heterocycles. The van der Waals surface area contributed by atoms with Crippen molar-refractivity contribution >= 4 is 0 Å². The van der Waals surface area contributed by atoms with Crippen LogP contribution in [0.3, 0.4) is 0 Å². The van der Waals surface area contributed by atoms with Gasteiger partial charge in [-0.1, -0.05) is 13.3 Å². The molecule has 3 heteroatoms. The van der Waals surface area contributed by atoms with Crippen LogP contribution in [0, 0.1) is 5.92 Å². The van der Waals surface area contributed by atoms with Gasteiger partial charge in [-0.05, 0) is 65.0 Å². The first-order chi connectivity index (χ1) is 9.61. The highest BCUT2D eigenvalue weighted by atomic mass is 15.2. The molecule has 0 saturated carbocycles. The maximum atomic E-state index is 6.27. The molecule has 2 unspecified atom stereocenters. The molecule has 0 bridgehead atoms. The molecule has 2 heterocycles. The molecule has 0 aromatic rings. The number of nitrogens with zero attached hydrogens (tertiary/aromatic N) is 2. The fourth-order valence-corrected chi connectivity index (χ4v) is 4.27. The minimum absolute atomic E-state index is 0.298. The first-order valence-corrected chi connectivity index (χ1v) is 8.80. The van der Waals surface area contributed by atoms with Crippen molar-refractivity contribution in [2.24, 2.45) is 11.7 Å². The lowest BCUT2D eigenvalue weighted by Gasteiger charge is -2.41. The topological polar surface area (TPSA) is 32.5 Å². The zero-order chi connectivity index (χ0) is 14.6. The van der Waals surface area contributed by atoms with Crippen molar-refractivity contribution in [2.75, 3.05) is 32.7 Å². The van der Waals surface area contributed by atoms with Crippen LogP contribution < -0.4 is 5.73 Å². The zero-order valence-corrected chi connectivity index (χ0v) is 13.9. The third kappa shape index (κ3) is 3.55. The molecular formula is C17H35N3. The molecule has 3 nitrogen and oxygen atoms in total. The van der Waals surface area contributed by atoms with E-state index in [0.29, 0.717) is 11.6 Å². The SMILES string of the molecule is CCCC1CCN(C2(CN)CCCN(C(C)C)CC2)C1. The normalized spacial score (nSPS) is 33.8. The highest BCUT2D eigenvalue weighted by molar-refractivity contribution is 4.97. The van der Waals surface area contributed by atoms with Crippen LogP contribution in [-0.4, -0.2) is 54.1 Å². The van der Waals surface area contributed by atoms with E-state index >= 15 is 0 Å². The maximum Gasteiger partial charge on any atom is 0.0344 e. The van der Waals surface area contributed by atoms with Crippen LogP contribution in [-0.2, 0) is 0 Å². The molecule has 2 saturated heterocycles. The minimum atomic E-state index is 0.298. The van der Waals surface area contributed by atoms with Gasteiger partial charge in [-0.2, -0.15) is 0 Å². The van der Waals surface area contributed by atoms with Gasteiger partial charge in [0.15, 0.2) is 0 Å². The summed E-state index contributed by atoms with van der Waals surface area (Å²) in [5.41, 5.74) is 6.57. The van der Waals surface area contributed by atoms with Crippen molar-refractivity contribution in [1.82, 2.24) is 9.80 Å². The highest BCUT2D eigenvalue weighted by Gasteiger charge is 2.40. The van der Waals surface area contributed by atoms with Crippen molar-refractivity contribution in [1.29, 1.82) is 0 Å². The summed E-state index contributed by atoms with van der Waals surface area (Å²) in [4.78, 5) is 5.40. The molecule has 20 heavy (non-hydrogen) atoms. The van der Waals surface area contributed by atoms with Crippen LogP contribution in [0.2, 0.25) is 0 Å². The standard InChI is InChI=1S/C17H35N3/c1-4-6-16-7-11-20(13-16)17(14-18)8-5-10-19(12-9-17)15(2)3/h15-16H,4-14,18H2,1-3H3. The van der Waals surface area contributed by atoms with Gasteiger partial charge in [0.1, 0.15) is 0 Å². The summed E-state index contributed by atoms with van der Waals surface area (Å²) in [5.74, 6) is 0.924. The molecule has 0 amide bonds. The molecule has 2 rings (SSSR count). The van der Waals surface area contributed by atoms with E-state index in [4.69, 9.17) is 5.73 Å². The minimum Gasteiger partial charge on any atom is -0.329 e. The van der Waals surface area contributed by atoms with Gasteiger partial charge in [0, 0.05) is 31.2 Å². The Balaban J connectivity index is 1.99. The van der Waals surface area contributed by atoms with Crippen molar-refractivity contribution in [3.05, 3.63) is 0 Å². The maximum absolute atomic E-state index is 6.27. The van der Waals surface area contributed by atoms with E-state index in [1.54, 1.807) is 0 Å². The van der Waals surface area contributed by atoms with Crippen molar-refractivity contribution in [3.63, 3.8) is 0 Å². The van der Waals surface area contributed by atoms with Crippen LogP contribution in [0.5, 0.6) is 0 Å². The van der Waals surface area contributed by atoms with Crippen LogP contribution in [0.1, 0.15) is 59.3 Å². The van der Waals surface area contributed by atoms with E-state index in [-0.39, 0.29) is 0 Å². The predicted octanol–water partition coefficient (Wildman–Crippen LogP) is 2.70. The van der Waals surface area contributed by atoms with Gasteiger partial charge in [-0.15, -0.1) is 0 Å². The second kappa shape index (κ2) is 7.24. The van der Waals surface area contributed by atoms with Gasteiger partial charge in [0.05, 0.1) is 0 Å². The number of likely N-dealkylation sites (tertiary alicyclic amines) is 2. The Morgan fingerprint density at radius 2 is 2.00 bits per heavy atom. The van der Waals surface area contributed by atoms with E-state index in [9.17, 15) is 0 Å². The lowest BCUT2D eigenvalue weighted by atomic mass is 9.88. The number of rotatable bonds is 5. The predicted molar refractivity (Wildman–Crippen MR) is 86.9 cm³/mol. The quantitative estimate of drug-likeness (QED) is 0.841. The molecule has 2 fully saturated rings. The van der Waals surface area contributed by atoms with Gasteiger partial charge in [0.2, 0.25) is 0 Å². The van der Waals surface area contributed by atoms with E-state index in [1.165, 1.54) is 64.7 Å². The van der Waals surface area contributed by atoms with E-state index in [1.807, 2.05) is 0 Å². The second-order valence-corrected chi connectivity index (χ2v) is 7.30. The molecular weight excluding hydrogens is 246 g/mol. The van der Waals surface area contributed by atoms with Crippen LogP contribution >= 0.6 is 0 Å². The lowest BCUT2D eigenvalue weighted by molar-refractivity contribution is 0.0980. The number of hydrogen-bond donors (Lipinski definition) is 1. The Morgan fingerprint density at radius 3 is 2.65 bits per heavy atom. The Labute approximate surface area is 125 Å². The largest absolute Gasteiger partial charge is 0.329 e. The Hall–Kier alpha value is -0.120. The highest BCUT2D eigenvalue weighted by Crippen LogP contribution is 2.34. The van der Waals surface area contributed by atoms with Crippen LogP contribution in [0.25, 0.3) is 0 Å². The summed E-state index contributed by atoms with van der Waals surface area (Å²) in [5, 5.41) is 0. The van der Waals surface area contributed by atoms with Crippen molar-refractivity contribution in [2.45, 2.75) is 70.9 Å².